The fraction of sp³-hybridized carbons (Fsp3) is 0.250. The van der Waals surface area contributed by atoms with Crippen molar-refractivity contribution in [2.45, 2.75) is 27.3 Å². The van der Waals surface area contributed by atoms with Crippen LogP contribution in [-0.4, -0.2) is 4.92 Å². The third kappa shape index (κ3) is 3.61. The SMILES string of the molecule is Cc1cc(C)c(CNc2cc([N+](=O)[O-])ccc2Br)cc1C. The van der Waals surface area contributed by atoms with Crippen LogP contribution in [0.25, 0.3) is 0 Å². The topological polar surface area (TPSA) is 55.2 Å². The van der Waals surface area contributed by atoms with Crippen molar-refractivity contribution in [3.8, 4) is 0 Å². The van der Waals surface area contributed by atoms with E-state index < -0.39 is 0 Å². The van der Waals surface area contributed by atoms with E-state index in [0.29, 0.717) is 6.54 Å². The Morgan fingerprint density at radius 2 is 1.76 bits per heavy atom. The molecule has 0 atom stereocenters. The highest BCUT2D eigenvalue weighted by atomic mass is 79.9. The number of non-ortho nitro benzene ring substituents is 1. The summed E-state index contributed by atoms with van der Waals surface area (Å²) in [5.74, 6) is 0. The summed E-state index contributed by atoms with van der Waals surface area (Å²) in [6, 6.07) is 9.03. The van der Waals surface area contributed by atoms with Crippen LogP contribution in [-0.2, 0) is 6.54 Å². The van der Waals surface area contributed by atoms with Gasteiger partial charge in [-0.15, -0.1) is 0 Å². The Balaban J connectivity index is 2.22. The first kappa shape index (κ1) is 15.5. The average Bonchev–Trinajstić information content (AvgIpc) is 2.42. The first-order chi connectivity index (χ1) is 9.88. The third-order valence-electron chi connectivity index (χ3n) is 3.58. The lowest BCUT2D eigenvalue weighted by molar-refractivity contribution is -0.384. The van der Waals surface area contributed by atoms with Gasteiger partial charge < -0.3 is 5.32 Å². The van der Waals surface area contributed by atoms with Crippen molar-refractivity contribution in [2.75, 3.05) is 5.32 Å². The van der Waals surface area contributed by atoms with Crippen molar-refractivity contribution in [1.29, 1.82) is 0 Å². The highest BCUT2D eigenvalue weighted by molar-refractivity contribution is 9.10. The Hall–Kier alpha value is -1.88. The maximum absolute atomic E-state index is 10.8. The van der Waals surface area contributed by atoms with E-state index in [1.54, 1.807) is 12.1 Å². The standard InChI is InChI=1S/C16H17BrN2O2/c1-10-6-12(3)13(7-11(10)2)9-18-16-8-14(19(20)21)4-5-15(16)17/h4-8,18H,9H2,1-3H3. The van der Waals surface area contributed by atoms with Crippen molar-refractivity contribution in [3.05, 3.63) is 67.2 Å². The zero-order valence-corrected chi connectivity index (χ0v) is 13.8. The Morgan fingerprint density at radius 1 is 1.10 bits per heavy atom. The maximum Gasteiger partial charge on any atom is 0.271 e. The molecule has 0 bridgehead atoms. The molecule has 0 heterocycles. The number of nitro benzene ring substituents is 1. The second kappa shape index (κ2) is 6.26. The number of halogens is 1. The maximum atomic E-state index is 10.8. The monoisotopic (exact) mass is 348 g/mol. The van der Waals surface area contributed by atoms with Crippen LogP contribution >= 0.6 is 15.9 Å². The van der Waals surface area contributed by atoms with Gasteiger partial charge in [-0.25, -0.2) is 0 Å². The van der Waals surface area contributed by atoms with E-state index in [2.05, 4.69) is 54.2 Å². The van der Waals surface area contributed by atoms with Gasteiger partial charge in [0.25, 0.3) is 5.69 Å². The number of nitro groups is 1. The molecule has 0 spiro atoms. The molecule has 21 heavy (non-hydrogen) atoms. The van der Waals surface area contributed by atoms with Crippen LogP contribution in [0.15, 0.2) is 34.8 Å². The summed E-state index contributed by atoms with van der Waals surface area (Å²) in [5.41, 5.74) is 5.73. The van der Waals surface area contributed by atoms with Gasteiger partial charge in [-0.2, -0.15) is 0 Å². The van der Waals surface area contributed by atoms with E-state index in [9.17, 15) is 10.1 Å². The number of anilines is 1. The lowest BCUT2D eigenvalue weighted by Crippen LogP contribution is -2.03. The quantitative estimate of drug-likeness (QED) is 0.631. The van der Waals surface area contributed by atoms with E-state index in [4.69, 9.17) is 0 Å². The molecule has 110 valence electrons. The molecule has 0 radical (unpaired) electrons. The zero-order valence-electron chi connectivity index (χ0n) is 12.2. The van der Waals surface area contributed by atoms with Gasteiger partial charge in [0, 0.05) is 23.2 Å². The van der Waals surface area contributed by atoms with Crippen LogP contribution in [0.5, 0.6) is 0 Å². The smallest absolute Gasteiger partial charge is 0.271 e. The number of nitrogens with one attached hydrogen (secondary N) is 1. The van der Waals surface area contributed by atoms with Crippen LogP contribution in [0.3, 0.4) is 0 Å². The predicted octanol–water partition coefficient (Wildman–Crippen LogP) is 4.89. The Labute approximate surface area is 132 Å². The number of hydrogen-bond donors (Lipinski definition) is 1. The minimum absolute atomic E-state index is 0.0810. The molecule has 0 saturated heterocycles. The summed E-state index contributed by atoms with van der Waals surface area (Å²) in [5, 5.41) is 14.1. The predicted molar refractivity (Wildman–Crippen MR) is 88.8 cm³/mol. The van der Waals surface area contributed by atoms with Crippen molar-refractivity contribution in [3.63, 3.8) is 0 Å². The van der Waals surface area contributed by atoms with Gasteiger partial charge in [0.15, 0.2) is 0 Å². The molecule has 4 nitrogen and oxygen atoms in total. The van der Waals surface area contributed by atoms with E-state index in [1.807, 2.05) is 0 Å². The largest absolute Gasteiger partial charge is 0.380 e. The fourth-order valence-electron chi connectivity index (χ4n) is 2.16. The molecule has 0 saturated carbocycles. The van der Waals surface area contributed by atoms with E-state index in [0.717, 1.165) is 10.2 Å². The molecule has 0 aliphatic heterocycles. The number of hydrogen-bond acceptors (Lipinski definition) is 3. The Bertz CT molecular complexity index is 699. The summed E-state index contributed by atoms with van der Waals surface area (Å²) >= 11 is 3.41. The Kier molecular flexibility index (Phi) is 4.63. The molecule has 0 aliphatic rings. The van der Waals surface area contributed by atoms with E-state index >= 15 is 0 Å². The van der Waals surface area contributed by atoms with Crippen LogP contribution < -0.4 is 5.32 Å². The minimum Gasteiger partial charge on any atom is -0.380 e. The molecule has 0 aromatic heterocycles. The molecule has 0 unspecified atom stereocenters. The molecule has 5 heteroatoms. The van der Waals surface area contributed by atoms with Gasteiger partial charge in [-0.05, 0) is 65.0 Å². The number of aryl methyl sites for hydroxylation is 3. The van der Waals surface area contributed by atoms with Gasteiger partial charge in [-0.3, -0.25) is 10.1 Å². The van der Waals surface area contributed by atoms with Gasteiger partial charge in [0.05, 0.1) is 10.6 Å². The van der Waals surface area contributed by atoms with Crippen LogP contribution in [0.2, 0.25) is 0 Å². The second-order valence-corrected chi connectivity index (χ2v) is 5.99. The molecule has 2 rings (SSSR count). The summed E-state index contributed by atoms with van der Waals surface area (Å²) in [6.45, 7) is 6.89. The van der Waals surface area contributed by atoms with Gasteiger partial charge in [-0.1, -0.05) is 12.1 Å². The third-order valence-corrected chi connectivity index (χ3v) is 4.27. The zero-order chi connectivity index (χ0) is 15.6. The summed E-state index contributed by atoms with van der Waals surface area (Å²) in [4.78, 5) is 10.4. The van der Waals surface area contributed by atoms with Gasteiger partial charge in [0.1, 0.15) is 0 Å². The molecule has 2 aromatic rings. The molecule has 0 aliphatic carbocycles. The minimum atomic E-state index is -0.390. The number of nitrogens with zero attached hydrogens (tertiary/aromatic N) is 1. The van der Waals surface area contributed by atoms with Crippen molar-refractivity contribution in [1.82, 2.24) is 0 Å². The average molecular weight is 349 g/mol. The molecule has 0 amide bonds. The lowest BCUT2D eigenvalue weighted by atomic mass is 10.0. The second-order valence-electron chi connectivity index (χ2n) is 5.14. The Morgan fingerprint density at radius 3 is 2.43 bits per heavy atom. The fourth-order valence-corrected chi connectivity index (χ4v) is 2.55. The number of benzene rings is 2. The van der Waals surface area contributed by atoms with Crippen LogP contribution in [0.4, 0.5) is 11.4 Å². The highest BCUT2D eigenvalue weighted by Gasteiger charge is 2.10. The lowest BCUT2D eigenvalue weighted by Gasteiger charge is -2.13. The summed E-state index contributed by atoms with van der Waals surface area (Å²) < 4.78 is 0.814. The van der Waals surface area contributed by atoms with Crippen LogP contribution in [0.1, 0.15) is 22.3 Å². The van der Waals surface area contributed by atoms with Gasteiger partial charge >= 0.3 is 0 Å². The van der Waals surface area contributed by atoms with Crippen molar-refractivity contribution >= 4 is 27.3 Å². The summed E-state index contributed by atoms with van der Waals surface area (Å²) in [6.07, 6.45) is 0. The first-order valence-corrected chi connectivity index (χ1v) is 7.42. The normalized spacial score (nSPS) is 10.5. The van der Waals surface area contributed by atoms with Crippen molar-refractivity contribution in [2.24, 2.45) is 0 Å². The van der Waals surface area contributed by atoms with E-state index in [1.165, 1.54) is 28.3 Å². The number of rotatable bonds is 4. The van der Waals surface area contributed by atoms with Crippen LogP contribution in [0, 0.1) is 30.9 Å². The first-order valence-electron chi connectivity index (χ1n) is 6.63. The summed E-state index contributed by atoms with van der Waals surface area (Å²) in [7, 11) is 0. The molecule has 2 aromatic carbocycles. The molecule has 1 N–H and O–H groups in total. The molecular weight excluding hydrogens is 332 g/mol. The molecule has 0 fully saturated rings. The van der Waals surface area contributed by atoms with Crippen molar-refractivity contribution < 1.29 is 4.92 Å². The van der Waals surface area contributed by atoms with E-state index in [-0.39, 0.29) is 10.6 Å². The highest BCUT2D eigenvalue weighted by Crippen LogP contribution is 2.28. The van der Waals surface area contributed by atoms with Gasteiger partial charge in [0.2, 0.25) is 0 Å². The molecular formula is C16H17BrN2O2.